The first-order chi connectivity index (χ1) is 8.61. The molecule has 0 aromatic carbocycles. The van der Waals surface area contributed by atoms with Crippen molar-refractivity contribution in [1.29, 1.82) is 0 Å². The van der Waals surface area contributed by atoms with Gasteiger partial charge in [0.25, 0.3) is 0 Å². The van der Waals surface area contributed by atoms with Gasteiger partial charge in [0.1, 0.15) is 6.61 Å². The minimum Gasteiger partial charge on any atom is -0.445 e. The molecule has 0 spiro atoms. The minimum absolute atomic E-state index is 0.0396. The second-order valence-electron chi connectivity index (χ2n) is 4.04. The van der Waals surface area contributed by atoms with Crippen molar-refractivity contribution in [2.24, 2.45) is 5.73 Å². The zero-order valence-corrected chi connectivity index (χ0v) is 10.1. The van der Waals surface area contributed by atoms with Crippen LogP contribution in [0.5, 0.6) is 0 Å². The number of amides is 1. The third-order valence-corrected chi connectivity index (χ3v) is 2.51. The van der Waals surface area contributed by atoms with Gasteiger partial charge in [0.05, 0.1) is 0 Å². The quantitative estimate of drug-likeness (QED) is 0.767. The third kappa shape index (κ3) is 5.77. The van der Waals surface area contributed by atoms with E-state index in [1.165, 1.54) is 0 Å². The Morgan fingerprint density at radius 3 is 2.83 bits per heavy atom. The summed E-state index contributed by atoms with van der Waals surface area (Å²) in [7, 11) is 0. The summed E-state index contributed by atoms with van der Waals surface area (Å²) in [6, 6.07) is -0.756. The van der Waals surface area contributed by atoms with Gasteiger partial charge in [-0.2, -0.15) is 0 Å². The Morgan fingerprint density at radius 1 is 1.50 bits per heavy atom. The molecule has 0 radical (unpaired) electrons. The predicted octanol–water partition coefficient (Wildman–Crippen LogP) is 1.97. The molecule has 0 bridgehead atoms. The molecular formula is C12H18F2N2O2. The number of ether oxygens (including phenoxy) is 1. The molecule has 1 aliphatic carbocycles. The van der Waals surface area contributed by atoms with Crippen molar-refractivity contribution in [1.82, 2.24) is 5.32 Å². The van der Waals surface area contributed by atoms with Crippen molar-refractivity contribution in [3.63, 3.8) is 0 Å². The Morgan fingerprint density at radius 2 is 2.28 bits per heavy atom. The molecule has 0 unspecified atom stereocenters. The molecule has 1 rings (SSSR count). The Bertz CT molecular complexity index is 330. The Kier molecular flexibility index (Phi) is 6.35. The van der Waals surface area contributed by atoms with Crippen LogP contribution in [-0.4, -0.2) is 31.7 Å². The SMILES string of the molecule is NC[C@@H](CC(F)F)NC(=O)OCC1=CCCC=C1. The largest absolute Gasteiger partial charge is 0.445 e. The van der Waals surface area contributed by atoms with Gasteiger partial charge in [-0.25, -0.2) is 13.6 Å². The van der Waals surface area contributed by atoms with E-state index in [0.29, 0.717) is 0 Å². The first-order valence-corrected chi connectivity index (χ1v) is 5.89. The number of hydrogen-bond acceptors (Lipinski definition) is 3. The van der Waals surface area contributed by atoms with Gasteiger partial charge < -0.3 is 15.8 Å². The predicted molar refractivity (Wildman–Crippen MR) is 64.4 cm³/mol. The average molecular weight is 260 g/mol. The summed E-state index contributed by atoms with van der Waals surface area (Å²) < 4.78 is 29.2. The van der Waals surface area contributed by atoms with E-state index in [9.17, 15) is 13.6 Å². The monoisotopic (exact) mass is 260 g/mol. The molecule has 4 nitrogen and oxygen atoms in total. The lowest BCUT2D eigenvalue weighted by molar-refractivity contribution is 0.115. The average Bonchev–Trinajstić information content (AvgIpc) is 2.36. The zero-order valence-electron chi connectivity index (χ0n) is 10.1. The molecule has 18 heavy (non-hydrogen) atoms. The number of hydrogen-bond donors (Lipinski definition) is 2. The molecule has 0 fully saturated rings. The van der Waals surface area contributed by atoms with Crippen LogP contribution in [0.2, 0.25) is 0 Å². The van der Waals surface area contributed by atoms with Gasteiger partial charge in [-0.1, -0.05) is 18.2 Å². The molecule has 3 N–H and O–H groups in total. The van der Waals surface area contributed by atoms with Crippen molar-refractivity contribution in [3.8, 4) is 0 Å². The third-order valence-electron chi connectivity index (χ3n) is 2.51. The second-order valence-corrected chi connectivity index (χ2v) is 4.04. The van der Waals surface area contributed by atoms with E-state index in [2.05, 4.69) is 5.32 Å². The number of rotatable bonds is 6. The van der Waals surface area contributed by atoms with Gasteiger partial charge >= 0.3 is 6.09 Å². The summed E-state index contributed by atoms with van der Waals surface area (Å²) >= 11 is 0. The number of nitrogens with one attached hydrogen (secondary N) is 1. The van der Waals surface area contributed by atoms with Crippen molar-refractivity contribution in [2.75, 3.05) is 13.2 Å². The molecule has 0 aromatic rings. The summed E-state index contributed by atoms with van der Waals surface area (Å²) in [6.45, 7) is 0.107. The summed E-state index contributed by atoms with van der Waals surface area (Å²) in [5.41, 5.74) is 6.19. The second kappa shape index (κ2) is 7.81. The number of nitrogens with two attached hydrogens (primary N) is 1. The number of carbonyl (C=O) groups excluding carboxylic acids is 1. The maximum absolute atomic E-state index is 12.1. The summed E-state index contributed by atoms with van der Waals surface area (Å²) in [6.07, 6.45) is 4.09. The molecule has 0 heterocycles. The molecule has 0 aliphatic heterocycles. The van der Waals surface area contributed by atoms with Gasteiger partial charge in [-0.3, -0.25) is 0 Å². The maximum Gasteiger partial charge on any atom is 0.407 e. The smallest absolute Gasteiger partial charge is 0.407 e. The lowest BCUT2D eigenvalue weighted by atomic mass is 10.1. The topological polar surface area (TPSA) is 64.3 Å². The van der Waals surface area contributed by atoms with Crippen molar-refractivity contribution >= 4 is 6.09 Å². The van der Waals surface area contributed by atoms with E-state index >= 15 is 0 Å². The highest BCUT2D eigenvalue weighted by molar-refractivity contribution is 5.67. The van der Waals surface area contributed by atoms with E-state index in [-0.39, 0.29) is 13.2 Å². The van der Waals surface area contributed by atoms with Crippen LogP contribution in [0.4, 0.5) is 13.6 Å². The fourth-order valence-corrected chi connectivity index (χ4v) is 1.56. The van der Waals surface area contributed by atoms with Crippen molar-refractivity contribution < 1.29 is 18.3 Å². The van der Waals surface area contributed by atoms with E-state index in [1.54, 1.807) is 0 Å². The highest BCUT2D eigenvalue weighted by Crippen LogP contribution is 2.10. The molecule has 6 heteroatoms. The number of halogens is 2. The lowest BCUT2D eigenvalue weighted by Crippen LogP contribution is -2.41. The summed E-state index contributed by atoms with van der Waals surface area (Å²) in [5, 5.41) is 2.32. The van der Waals surface area contributed by atoms with Crippen LogP contribution in [0, 0.1) is 0 Å². The van der Waals surface area contributed by atoms with Crippen LogP contribution in [0.1, 0.15) is 19.3 Å². The van der Waals surface area contributed by atoms with Crippen LogP contribution in [0.25, 0.3) is 0 Å². The first kappa shape index (κ1) is 14.6. The van der Waals surface area contributed by atoms with E-state index in [0.717, 1.165) is 18.4 Å². The molecule has 1 atom stereocenters. The molecule has 1 amide bonds. The number of allylic oxidation sites excluding steroid dienone is 2. The Labute approximate surface area is 105 Å². The molecular weight excluding hydrogens is 242 g/mol. The molecule has 102 valence electrons. The van der Waals surface area contributed by atoms with Crippen LogP contribution in [0.15, 0.2) is 23.8 Å². The fourth-order valence-electron chi connectivity index (χ4n) is 1.56. The van der Waals surface area contributed by atoms with Gasteiger partial charge in [0, 0.05) is 19.0 Å². The minimum atomic E-state index is -2.50. The van der Waals surface area contributed by atoms with Gasteiger partial charge in [0.15, 0.2) is 0 Å². The summed E-state index contributed by atoms with van der Waals surface area (Å²) in [4.78, 5) is 11.4. The first-order valence-electron chi connectivity index (χ1n) is 5.89. The van der Waals surface area contributed by atoms with Crippen LogP contribution in [0.3, 0.4) is 0 Å². The fraction of sp³-hybridized carbons (Fsp3) is 0.583. The Balaban J connectivity index is 2.27. The van der Waals surface area contributed by atoms with Crippen LogP contribution in [-0.2, 0) is 4.74 Å². The van der Waals surface area contributed by atoms with E-state index in [1.807, 2.05) is 18.2 Å². The highest BCUT2D eigenvalue weighted by atomic mass is 19.3. The van der Waals surface area contributed by atoms with Crippen LogP contribution >= 0.6 is 0 Å². The van der Waals surface area contributed by atoms with Gasteiger partial charge in [0.2, 0.25) is 6.43 Å². The normalized spacial score (nSPS) is 16.3. The van der Waals surface area contributed by atoms with Gasteiger partial charge in [-0.05, 0) is 18.4 Å². The highest BCUT2D eigenvalue weighted by Gasteiger charge is 2.16. The number of alkyl halides is 2. The molecule has 0 saturated carbocycles. The maximum atomic E-state index is 12.1. The van der Waals surface area contributed by atoms with E-state index < -0.39 is 25.0 Å². The van der Waals surface area contributed by atoms with E-state index in [4.69, 9.17) is 10.5 Å². The zero-order chi connectivity index (χ0) is 13.4. The van der Waals surface area contributed by atoms with Gasteiger partial charge in [-0.15, -0.1) is 0 Å². The lowest BCUT2D eigenvalue weighted by Gasteiger charge is -2.16. The number of alkyl carbamates (subject to hydrolysis) is 1. The Hall–Kier alpha value is -1.43. The van der Waals surface area contributed by atoms with Crippen molar-refractivity contribution in [3.05, 3.63) is 23.8 Å². The number of carbonyl (C=O) groups is 1. The van der Waals surface area contributed by atoms with Crippen molar-refractivity contribution in [2.45, 2.75) is 31.7 Å². The standard InChI is InChI=1S/C12H18F2N2O2/c13-11(14)6-10(7-15)16-12(17)18-8-9-4-2-1-3-5-9/h2,4-5,10-11H,1,3,6-8,15H2,(H,16,17)/t10-/m1/s1. The molecule has 0 aromatic heterocycles. The summed E-state index contributed by atoms with van der Waals surface area (Å²) in [5.74, 6) is 0. The molecule has 1 aliphatic rings. The van der Waals surface area contributed by atoms with Crippen LogP contribution < -0.4 is 11.1 Å². The molecule has 0 saturated heterocycles.